The van der Waals surface area contributed by atoms with Gasteiger partial charge in [-0.25, -0.2) is 12.8 Å². The zero-order valence-electron chi connectivity index (χ0n) is 10.8. The molecule has 1 aromatic heterocycles. The van der Waals surface area contributed by atoms with Gasteiger partial charge in [-0.05, 0) is 36.9 Å². The van der Waals surface area contributed by atoms with Gasteiger partial charge < -0.3 is 5.32 Å². The van der Waals surface area contributed by atoms with Gasteiger partial charge in [0.1, 0.15) is 10.7 Å². The third kappa shape index (κ3) is 3.31. The highest BCUT2D eigenvalue weighted by Gasteiger charge is 2.19. The van der Waals surface area contributed by atoms with E-state index in [2.05, 4.69) is 15.0 Å². The summed E-state index contributed by atoms with van der Waals surface area (Å²) in [5, 5.41) is 2.87. The quantitative estimate of drug-likeness (QED) is 0.881. The minimum Gasteiger partial charge on any atom is -0.316 e. The lowest BCUT2D eigenvalue weighted by molar-refractivity contribution is 0.568. The number of hydrogen-bond donors (Lipinski definition) is 2. The lowest BCUT2D eigenvalue weighted by Crippen LogP contribution is -2.15. The molecular weight excluding hydrogens is 281 g/mol. The Hall–Kier alpha value is -1.99. The molecule has 1 heterocycles. The van der Waals surface area contributed by atoms with Gasteiger partial charge in [0.2, 0.25) is 0 Å². The first kappa shape index (κ1) is 14.4. The summed E-state index contributed by atoms with van der Waals surface area (Å²) in [6.45, 7) is 0.466. The highest BCUT2D eigenvalue weighted by molar-refractivity contribution is 7.92. The van der Waals surface area contributed by atoms with E-state index in [0.717, 1.165) is 0 Å². The number of halogens is 1. The molecule has 0 saturated heterocycles. The van der Waals surface area contributed by atoms with Gasteiger partial charge in [0, 0.05) is 12.7 Å². The van der Waals surface area contributed by atoms with Crippen molar-refractivity contribution < 1.29 is 12.8 Å². The van der Waals surface area contributed by atoms with Gasteiger partial charge >= 0.3 is 0 Å². The predicted octanol–water partition coefficient (Wildman–Crippen LogP) is 1.74. The first-order valence-electron chi connectivity index (χ1n) is 5.89. The molecule has 7 heteroatoms. The molecule has 0 aliphatic rings. The maximum absolute atomic E-state index is 13.9. The van der Waals surface area contributed by atoms with Crippen LogP contribution in [0.3, 0.4) is 0 Å². The van der Waals surface area contributed by atoms with Crippen LogP contribution in [-0.2, 0) is 16.6 Å². The molecule has 0 fully saturated rings. The monoisotopic (exact) mass is 295 g/mol. The zero-order valence-corrected chi connectivity index (χ0v) is 11.6. The number of sulfonamides is 1. The summed E-state index contributed by atoms with van der Waals surface area (Å²) < 4.78 is 40.4. The summed E-state index contributed by atoms with van der Waals surface area (Å²) in [4.78, 5) is 3.41. The molecule has 2 N–H and O–H groups in total. The Labute approximate surface area is 116 Å². The minimum atomic E-state index is -3.96. The Morgan fingerprint density at radius 3 is 2.70 bits per heavy atom. The van der Waals surface area contributed by atoms with E-state index in [1.165, 1.54) is 30.6 Å². The zero-order chi connectivity index (χ0) is 14.6. The average Bonchev–Trinajstić information content (AvgIpc) is 2.39. The summed E-state index contributed by atoms with van der Waals surface area (Å²) in [6.07, 6.45) is 2.87. The predicted molar refractivity (Wildman–Crippen MR) is 74.2 cm³/mol. The van der Waals surface area contributed by atoms with Crippen molar-refractivity contribution in [1.82, 2.24) is 10.3 Å². The largest absolute Gasteiger partial charge is 0.316 e. The molecule has 0 bridgehead atoms. The molecule has 2 aromatic rings. The normalized spacial score (nSPS) is 11.3. The summed E-state index contributed by atoms with van der Waals surface area (Å²) >= 11 is 0. The fourth-order valence-electron chi connectivity index (χ4n) is 1.71. The van der Waals surface area contributed by atoms with Crippen molar-refractivity contribution in [2.24, 2.45) is 0 Å². The molecule has 5 nitrogen and oxygen atoms in total. The smallest absolute Gasteiger partial charge is 0.264 e. The van der Waals surface area contributed by atoms with Crippen LogP contribution in [0.5, 0.6) is 0 Å². The average molecular weight is 295 g/mol. The molecule has 0 radical (unpaired) electrons. The van der Waals surface area contributed by atoms with Crippen LogP contribution in [0, 0.1) is 5.82 Å². The highest BCUT2D eigenvalue weighted by Crippen LogP contribution is 2.19. The Balaban J connectivity index is 2.30. The molecule has 0 saturated carbocycles. The number of nitrogens with zero attached hydrogens (tertiary/aromatic N) is 1. The standard InChI is InChI=1S/C13H14FN3O2S/c1-15-8-10-4-5-13(12(14)7-10)20(18,19)17-11-3-2-6-16-9-11/h2-7,9,15,17H,8H2,1H3. The number of pyridine rings is 1. The van der Waals surface area contributed by atoms with Crippen LogP contribution >= 0.6 is 0 Å². The van der Waals surface area contributed by atoms with Crippen molar-refractivity contribution >= 4 is 15.7 Å². The van der Waals surface area contributed by atoms with Gasteiger partial charge in [0.25, 0.3) is 10.0 Å². The third-order valence-corrected chi connectivity index (χ3v) is 4.00. The number of nitrogens with one attached hydrogen (secondary N) is 2. The van der Waals surface area contributed by atoms with Gasteiger partial charge in [0.05, 0.1) is 11.9 Å². The summed E-state index contributed by atoms with van der Waals surface area (Å²) in [7, 11) is -2.23. The van der Waals surface area contributed by atoms with Crippen LogP contribution in [0.25, 0.3) is 0 Å². The van der Waals surface area contributed by atoms with Crippen LogP contribution in [0.4, 0.5) is 10.1 Å². The molecule has 20 heavy (non-hydrogen) atoms. The van der Waals surface area contributed by atoms with Crippen LogP contribution in [-0.4, -0.2) is 20.4 Å². The molecule has 0 aliphatic heterocycles. The second kappa shape index (κ2) is 5.98. The molecular formula is C13H14FN3O2S. The SMILES string of the molecule is CNCc1ccc(S(=O)(=O)Nc2cccnc2)c(F)c1. The molecule has 0 atom stereocenters. The van der Waals surface area contributed by atoms with Crippen molar-refractivity contribution in [2.75, 3.05) is 11.8 Å². The van der Waals surface area contributed by atoms with Crippen molar-refractivity contribution in [3.63, 3.8) is 0 Å². The van der Waals surface area contributed by atoms with Crippen LogP contribution < -0.4 is 10.0 Å². The Kier molecular flexibility index (Phi) is 4.31. The first-order chi connectivity index (χ1) is 9.53. The fourth-order valence-corrected chi connectivity index (χ4v) is 2.81. The third-order valence-electron chi connectivity index (χ3n) is 2.58. The Morgan fingerprint density at radius 2 is 2.10 bits per heavy atom. The maximum atomic E-state index is 13.9. The summed E-state index contributed by atoms with van der Waals surface area (Å²) in [5.41, 5.74) is 0.955. The summed E-state index contributed by atoms with van der Waals surface area (Å²) in [6, 6.07) is 7.15. The van der Waals surface area contributed by atoms with E-state index in [1.54, 1.807) is 19.2 Å². The van der Waals surface area contributed by atoms with Crippen LogP contribution in [0.1, 0.15) is 5.56 Å². The Morgan fingerprint density at radius 1 is 1.30 bits per heavy atom. The van der Waals surface area contributed by atoms with Gasteiger partial charge in [-0.2, -0.15) is 0 Å². The van der Waals surface area contributed by atoms with Crippen molar-refractivity contribution in [3.05, 3.63) is 54.1 Å². The molecule has 1 aromatic carbocycles. The first-order valence-corrected chi connectivity index (χ1v) is 7.37. The van der Waals surface area contributed by atoms with Gasteiger partial charge in [0.15, 0.2) is 0 Å². The van der Waals surface area contributed by atoms with E-state index in [9.17, 15) is 12.8 Å². The van der Waals surface area contributed by atoms with E-state index in [0.29, 0.717) is 12.1 Å². The van der Waals surface area contributed by atoms with Crippen molar-refractivity contribution in [2.45, 2.75) is 11.4 Å². The van der Waals surface area contributed by atoms with Crippen molar-refractivity contribution in [1.29, 1.82) is 0 Å². The number of hydrogen-bond acceptors (Lipinski definition) is 4. The van der Waals surface area contributed by atoms with E-state index >= 15 is 0 Å². The number of benzene rings is 1. The van der Waals surface area contributed by atoms with Crippen molar-refractivity contribution in [3.8, 4) is 0 Å². The Bertz CT molecular complexity index is 690. The fraction of sp³-hybridized carbons (Fsp3) is 0.154. The molecule has 106 valence electrons. The molecule has 0 unspecified atom stereocenters. The van der Waals surface area contributed by atoms with E-state index < -0.39 is 15.8 Å². The van der Waals surface area contributed by atoms with Gasteiger partial charge in [-0.1, -0.05) is 6.07 Å². The number of anilines is 1. The van der Waals surface area contributed by atoms with Gasteiger partial charge in [-0.15, -0.1) is 0 Å². The van der Waals surface area contributed by atoms with E-state index in [-0.39, 0.29) is 10.6 Å². The topological polar surface area (TPSA) is 71.1 Å². The summed E-state index contributed by atoms with van der Waals surface area (Å²) in [5.74, 6) is -0.783. The molecule has 0 amide bonds. The van der Waals surface area contributed by atoms with E-state index in [1.807, 2.05) is 0 Å². The minimum absolute atomic E-state index is 0.284. The lowest BCUT2D eigenvalue weighted by Gasteiger charge is -2.09. The maximum Gasteiger partial charge on any atom is 0.264 e. The highest BCUT2D eigenvalue weighted by atomic mass is 32.2. The second-order valence-electron chi connectivity index (χ2n) is 4.14. The lowest BCUT2D eigenvalue weighted by atomic mass is 10.2. The van der Waals surface area contributed by atoms with Crippen LogP contribution in [0.2, 0.25) is 0 Å². The second-order valence-corrected chi connectivity index (χ2v) is 5.79. The van der Waals surface area contributed by atoms with E-state index in [4.69, 9.17) is 0 Å². The molecule has 2 rings (SSSR count). The number of aromatic nitrogens is 1. The van der Waals surface area contributed by atoms with Crippen LogP contribution in [0.15, 0.2) is 47.6 Å². The van der Waals surface area contributed by atoms with Gasteiger partial charge in [-0.3, -0.25) is 9.71 Å². The number of rotatable bonds is 5. The molecule has 0 spiro atoms. The molecule has 0 aliphatic carbocycles.